The summed E-state index contributed by atoms with van der Waals surface area (Å²) in [6.07, 6.45) is -5.04. The Labute approximate surface area is 193 Å². The van der Waals surface area contributed by atoms with Crippen molar-refractivity contribution in [2.45, 2.75) is 24.9 Å². The number of fused-ring (bicyclic) bond motifs is 1. The first-order valence-corrected chi connectivity index (χ1v) is 9.79. The SMILES string of the molecule is C/C(=N/NC(=O)c1cn(C)c2ccccc12)c1cccc(NC(=O)C(F)(F)C(F)(F)C(F)(F)F)c1. The maximum Gasteiger partial charge on any atom is 0.460 e. The number of para-hydroxylation sites is 1. The van der Waals surface area contributed by atoms with E-state index in [1.54, 1.807) is 36.0 Å². The second-order valence-electron chi connectivity index (χ2n) is 7.49. The molecule has 2 aromatic carbocycles. The van der Waals surface area contributed by atoms with Gasteiger partial charge in [0.1, 0.15) is 0 Å². The van der Waals surface area contributed by atoms with E-state index in [2.05, 4.69) is 10.5 Å². The summed E-state index contributed by atoms with van der Waals surface area (Å²) in [6.45, 7) is 1.41. The van der Waals surface area contributed by atoms with Gasteiger partial charge in [-0.3, -0.25) is 9.59 Å². The molecule has 0 saturated carbocycles. The van der Waals surface area contributed by atoms with Crippen LogP contribution in [-0.4, -0.2) is 40.1 Å². The van der Waals surface area contributed by atoms with E-state index in [1.807, 2.05) is 6.07 Å². The van der Waals surface area contributed by atoms with Gasteiger partial charge in [-0.2, -0.15) is 35.8 Å². The number of hydrogen-bond donors (Lipinski definition) is 2. The Morgan fingerprint density at radius 2 is 1.60 bits per heavy atom. The minimum atomic E-state index is -6.64. The largest absolute Gasteiger partial charge is 0.460 e. The summed E-state index contributed by atoms with van der Waals surface area (Å²) in [5.41, 5.74) is 3.26. The second kappa shape index (κ2) is 9.04. The molecule has 0 aliphatic heterocycles. The molecule has 186 valence electrons. The van der Waals surface area contributed by atoms with Crippen LogP contribution in [0.5, 0.6) is 0 Å². The number of anilines is 1. The molecule has 0 saturated heterocycles. The molecule has 0 aliphatic rings. The normalized spacial score (nSPS) is 13.1. The predicted molar refractivity (Wildman–Crippen MR) is 114 cm³/mol. The Kier molecular flexibility index (Phi) is 6.64. The number of nitrogens with one attached hydrogen (secondary N) is 2. The van der Waals surface area contributed by atoms with Crippen molar-refractivity contribution in [3.63, 3.8) is 0 Å². The number of alkyl halides is 7. The highest BCUT2D eigenvalue weighted by Gasteiger charge is 2.76. The molecule has 35 heavy (non-hydrogen) atoms. The van der Waals surface area contributed by atoms with Gasteiger partial charge in [0.2, 0.25) is 0 Å². The maximum absolute atomic E-state index is 13.6. The van der Waals surface area contributed by atoms with Gasteiger partial charge in [-0.05, 0) is 30.7 Å². The van der Waals surface area contributed by atoms with Gasteiger partial charge in [0.25, 0.3) is 5.91 Å². The quantitative estimate of drug-likeness (QED) is 0.280. The van der Waals surface area contributed by atoms with Crippen molar-refractivity contribution in [3.05, 3.63) is 65.9 Å². The molecular weight excluding hydrogens is 485 g/mol. The number of amides is 2. The highest BCUT2D eigenvalue weighted by molar-refractivity contribution is 6.08. The number of carbonyl (C=O) groups is 2. The molecule has 0 radical (unpaired) electrons. The van der Waals surface area contributed by atoms with Crippen LogP contribution in [0.15, 0.2) is 59.8 Å². The summed E-state index contributed by atoms with van der Waals surface area (Å²) in [5, 5.41) is 5.93. The summed E-state index contributed by atoms with van der Waals surface area (Å²) < 4.78 is 91.9. The molecule has 2 N–H and O–H groups in total. The van der Waals surface area contributed by atoms with Gasteiger partial charge < -0.3 is 9.88 Å². The number of benzene rings is 2. The number of hydrazone groups is 1. The molecule has 0 fully saturated rings. The molecule has 0 unspecified atom stereocenters. The third kappa shape index (κ3) is 4.84. The van der Waals surface area contributed by atoms with E-state index in [9.17, 15) is 40.3 Å². The number of halogens is 7. The number of rotatable bonds is 6. The van der Waals surface area contributed by atoms with Crippen molar-refractivity contribution in [1.82, 2.24) is 9.99 Å². The van der Waals surface area contributed by atoms with Crippen molar-refractivity contribution < 1.29 is 40.3 Å². The smallest absolute Gasteiger partial charge is 0.350 e. The monoisotopic (exact) mass is 502 g/mol. The van der Waals surface area contributed by atoms with Gasteiger partial charge in [0.15, 0.2) is 0 Å². The zero-order valence-corrected chi connectivity index (χ0v) is 18.1. The lowest BCUT2D eigenvalue weighted by molar-refractivity contribution is -0.343. The molecule has 13 heteroatoms. The molecule has 0 aliphatic carbocycles. The predicted octanol–water partition coefficient (Wildman–Crippen LogP) is 5.10. The lowest BCUT2D eigenvalue weighted by atomic mass is 10.1. The zero-order valence-electron chi connectivity index (χ0n) is 18.1. The molecule has 0 bridgehead atoms. The van der Waals surface area contributed by atoms with Crippen molar-refractivity contribution in [2.75, 3.05) is 5.32 Å². The van der Waals surface area contributed by atoms with Gasteiger partial charge in [-0.1, -0.05) is 30.3 Å². The van der Waals surface area contributed by atoms with Crippen LogP contribution in [0, 0.1) is 0 Å². The fourth-order valence-corrected chi connectivity index (χ4v) is 3.13. The molecule has 2 amide bonds. The van der Waals surface area contributed by atoms with E-state index in [0.29, 0.717) is 10.9 Å². The van der Waals surface area contributed by atoms with E-state index in [4.69, 9.17) is 0 Å². The van der Waals surface area contributed by atoms with Gasteiger partial charge in [0.05, 0.1) is 11.3 Å². The number of hydrogen-bond acceptors (Lipinski definition) is 3. The molecule has 1 aromatic heterocycles. The lowest BCUT2D eigenvalue weighted by Gasteiger charge is -2.27. The topological polar surface area (TPSA) is 75.5 Å². The van der Waals surface area contributed by atoms with Crippen LogP contribution < -0.4 is 10.7 Å². The summed E-state index contributed by atoms with van der Waals surface area (Å²) in [7, 11) is 1.75. The third-order valence-corrected chi connectivity index (χ3v) is 5.04. The van der Waals surface area contributed by atoms with Gasteiger partial charge in [-0.15, -0.1) is 0 Å². The van der Waals surface area contributed by atoms with Crippen LogP contribution in [0.25, 0.3) is 10.9 Å². The van der Waals surface area contributed by atoms with Gasteiger partial charge >= 0.3 is 23.9 Å². The lowest BCUT2D eigenvalue weighted by Crippen LogP contribution is -2.57. The minimum Gasteiger partial charge on any atom is -0.350 e. The Balaban J connectivity index is 1.77. The highest BCUT2D eigenvalue weighted by atomic mass is 19.4. The summed E-state index contributed by atoms with van der Waals surface area (Å²) in [6, 6.07) is 11.7. The van der Waals surface area contributed by atoms with Gasteiger partial charge in [0, 0.05) is 29.8 Å². The fraction of sp³-hybridized carbons (Fsp3) is 0.227. The molecule has 3 rings (SSSR count). The number of carbonyl (C=O) groups excluding carboxylic acids is 2. The van der Waals surface area contributed by atoms with E-state index in [0.717, 1.165) is 17.6 Å². The first-order valence-electron chi connectivity index (χ1n) is 9.79. The maximum atomic E-state index is 13.6. The molecule has 3 aromatic rings. The van der Waals surface area contributed by atoms with Crippen LogP contribution in [0.4, 0.5) is 36.4 Å². The van der Waals surface area contributed by atoms with E-state index in [-0.39, 0.29) is 11.3 Å². The van der Waals surface area contributed by atoms with Crippen molar-refractivity contribution in [2.24, 2.45) is 12.1 Å². The zero-order chi connectivity index (χ0) is 26.2. The Morgan fingerprint density at radius 1 is 0.943 bits per heavy atom. The van der Waals surface area contributed by atoms with E-state index < -0.39 is 35.5 Å². The van der Waals surface area contributed by atoms with Crippen molar-refractivity contribution in [3.8, 4) is 0 Å². The molecular formula is C22H17F7N4O2. The molecule has 6 nitrogen and oxygen atoms in total. The average Bonchev–Trinajstić information content (AvgIpc) is 3.13. The van der Waals surface area contributed by atoms with Gasteiger partial charge in [-0.25, -0.2) is 5.43 Å². The average molecular weight is 502 g/mol. The first-order chi connectivity index (χ1) is 16.2. The highest BCUT2D eigenvalue weighted by Crippen LogP contribution is 2.46. The standard InChI is InChI=1S/C22H17F7N4O2/c1-12(31-32-18(34)16-11-33(2)17-9-4-3-8-15(16)17)13-6-5-7-14(10-13)30-19(35)20(23,24)21(25,26)22(27,28)29/h3-11H,1-2H3,(H,30,35)(H,32,34)/b31-12-. The van der Waals surface area contributed by atoms with E-state index >= 15 is 0 Å². The number of aryl methyl sites for hydroxylation is 1. The van der Waals surface area contributed by atoms with Crippen LogP contribution in [-0.2, 0) is 11.8 Å². The Bertz CT molecular complexity index is 1310. The number of nitrogens with zero attached hydrogens (tertiary/aromatic N) is 2. The summed E-state index contributed by atoms with van der Waals surface area (Å²) in [5.74, 6) is -16.0. The number of aromatic nitrogens is 1. The van der Waals surface area contributed by atoms with E-state index in [1.165, 1.54) is 24.4 Å². The molecule has 0 spiro atoms. The Hall–Kier alpha value is -3.90. The molecule has 1 heterocycles. The van der Waals surface area contributed by atoms with Crippen LogP contribution >= 0.6 is 0 Å². The van der Waals surface area contributed by atoms with Crippen LogP contribution in [0.1, 0.15) is 22.8 Å². The Morgan fingerprint density at radius 3 is 2.26 bits per heavy atom. The second-order valence-corrected chi connectivity index (χ2v) is 7.49. The first kappa shape index (κ1) is 25.7. The van der Waals surface area contributed by atoms with Crippen molar-refractivity contribution in [1.29, 1.82) is 0 Å². The minimum absolute atomic E-state index is 0.127. The third-order valence-electron chi connectivity index (χ3n) is 5.04. The summed E-state index contributed by atoms with van der Waals surface area (Å²) in [4.78, 5) is 24.1. The summed E-state index contributed by atoms with van der Waals surface area (Å²) >= 11 is 0. The molecule has 0 atom stereocenters. The fourth-order valence-electron chi connectivity index (χ4n) is 3.13. The van der Waals surface area contributed by atoms with Crippen LogP contribution in [0.3, 0.4) is 0 Å². The van der Waals surface area contributed by atoms with Crippen LogP contribution in [0.2, 0.25) is 0 Å². The van der Waals surface area contributed by atoms with Crippen molar-refractivity contribution >= 4 is 34.1 Å².